The number of aliphatic carboxylic acids is 1. The van der Waals surface area contributed by atoms with E-state index >= 15 is 0 Å². The topological polar surface area (TPSA) is 306 Å². The first kappa shape index (κ1) is 48.6. The molecule has 7 aromatic rings. The van der Waals surface area contributed by atoms with E-state index in [-0.39, 0.29) is 55.7 Å². The van der Waals surface area contributed by atoms with Crippen LogP contribution in [0.3, 0.4) is 0 Å². The number of nitrogens with two attached hydrogens (primary N) is 2. The molecule has 0 aliphatic rings. The van der Waals surface area contributed by atoms with Crippen LogP contribution in [0, 0.1) is 13.8 Å². The molecule has 0 aliphatic carbocycles. The number of nitrogens with zero attached hydrogens (tertiary/aromatic N) is 9. The summed E-state index contributed by atoms with van der Waals surface area (Å²) in [7, 11) is 1.61. The third kappa shape index (κ3) is 10.9. The van der Waals surface area contributed by atoms with Crippen LogP contribution in [0.5, 0.6) is 11.5 Å². The molecule has 0 bridgehead atoms. The molecule has 5 amide bonds. The molecule has 0 spiro atoms. The highest BCUT2D eigenvalue weighted by Gasteiger charge is 2.24. The highest BCUT2D eigenvalue weighted by atomic mass is 16.5. The molecule has 0 unspecified atom stereocenters. The molecule has 0 aliphatic heterocycles. The van der Waals surface area contributed by atoms with E-state index in [1.54, 1.807) is 47.7 Å². The van der Waals surface area contributed by atoms with Gasteiger partial charge < -0.3 is 50.6 Å². The molecule has 7 rings (SSSR count). The molecule has 2 aromatic carbocycles. The summed E-state index contributed by atoms with van der Waals surface area (Å²) in [6, 6.07) is 9.24. The summed E-state index contributed by atoms with van der Waals surface area (Å²) >= 11 is 0. The molecule has 0 fully saturated rings. The van der Waals surface area contributed by atoms with Gasteiger partial charge in [-0.2, -0.15) is 10.2 Å². The van der Waals surface area contributed by atoms with Crippen molar-refractivity contribution in [2.24, 2.45) is 11.5 Å². The van der Waals surface area contributed by atoms with Crippen molar-refractivity contribution in [2.75, 3.05) is 45.3 Å². The SMILES string of the molecule is CCn1nc(C)cc1C(=O)Nc1nc2cc(C(N)=O)cc(OCCCNC(=O)NCC(=O)O)c2n1CC=CCn1c2nc(-c3cc(C)nn3CC)ncc2c2cc(C(N)=O)cc(OCCCOC)c21. The summed E-state index contributed by atoms with van der Waals surface area (Å²) in [5, 5.41) is 26.9. The number of allylic oxidation sites excluding steroid dienone is 2. The van der Waals surface area contributed by atoms with Crippen molar-refractivity contribution in [1.82, 2.24) is 54.3 Å². The number of rotatable bonds is 23. The first-order chi connectivity index (χ1) is 33.2. The molecular weight excluding hydrogens is 893 g/mol. The first-order valence-electron chi connectivity index (χ1n) is 22.2. The number of primary amides is 2. The number of methoxy groups -OCH3 is 1. The van der Waals surface area contributed by atoms with Crippen LogP contribution in [0.25, 0.3) is 44.5 Å². The Bertz CT molecular complexity index is 3110. The van der Waals surface area contributed by atoms with Gasteiger partial charge >= 0.3 is 12.0 Å². The van der Waals surface area contributed by atoms with Gasteiger partial charge in [0.05, 0.1) is 35.6 Å². The predicted molar refractivity (Wildman–Crippen MR) is 254 cm³/mol. The van der Waals surface area contributed by atoms with E-state index < -0.39 is 36.3 Å². The van der Waals surface area contributed by atoms with E-state index in [4.69, 9.17) is 45.7 Å². The molecule has 362 valence electrons. The number of aryl methyl sites for hydroxylation is 4. The number of carbonyl (C=O) groups excluding carboxylic acids is 4. The fraction of sp³-hybridized carbons (Fsp3) is 0.348. The number of ether oxygens (including phenoxy) is 3. The number of imidazole rings is 1. The Morgan fingerprint density at radius 2 is 1.41 bits per heavy atom. The predicted octanol–water partition coefficient (Wildman–Crippen LogP) is 3.93. The summed E-state index contributed by atoms with van der Waals surface area (Å²) in [6.45, 7) is 9.31. The second kappa shape index (κ2) is 21.5. The molecule has 5 heterocycles. The maximum absolute atomic E-state index is 13.9. The molecule has 69 heavy (non-hydrogen) atoms. The Labute approximate surface area is 394 Å². The third-order valence-corrected chi connectivity index (χ3v) is 10.9. The van der Waals surface area contributed by atoms with E-state index in [0.29, 0.717) is 88.5 Å². The second-order valence-corrected chi connectivity index (χ2v) is 15.8. The van der Waals surface area contributed by atoms with Crippen LogP contribution in [0.2, 0.25) is 0 Å². The largest absolute Gasteiger partial charge is 0.491 e. The first-order valence-corrected chi connectivity index (χ1v) is 22.2. The fourth-order valence-electron chi connectivity index (χ4n) is 7.80. The van der Waals surface area contributed by atoms with Gasteiger partial charge in [-0.25, -0.2) is 19.7 Å². The average molecular weight is 947 g/mol. The number of carboxylic acid groups (broad SMARTS) is 1. The highest BCUT2D eigenvalue weighted by molar-refractivity contribution is 6.12. The Hall–Kier alpha value is -8.34. The Morgan fingerprint density at radius 1 is 0.754 bits per heavy atom. The van der Waals surface area contributed by atoms with Gasteiger partial charge in [0.25, 0.3) is 5.91 Å². The van der Waals surface area contributed by atoms with E-state index in [2.05, 4.69) is 26.1 Å². The molecule has 0 radical (unpaired) electrons. The van der Waals surface area contributed by atoms with Gasteiger partial charge in [-0.1, -0.05) is 12.2 Å². The molecule has 23 heteroatoms. The number of anilines is 1. The number of benzene rings is 2. The van der Waals surface area contributed by atoms with Gasteiger partial charge in [-0.3, -0.25) is 33.9 Å². The summed E-state index contributed by atoms with van der Waals surface area (Å²) in [4.78, 5) is 76.6. The zero-order valence-electron chi connectivity index (χ0n) is 38.9. The maximum Gasteiger partial charge on any atom is 0.323 e. The monoisotopic (exact) mass is 946 g/mol. The Balaban J connectivity index is 1.30. The molecule has 8 N–H and O–H groups in total. The number of hydrogen-bond donors (Lipinski definition) is 6. The van der Waals surface area contributed by atoms with Gasteiger partial charge in [-0.15, -0.1) is 0 Å². The Morgan fingerprint density at radius 3 is 2.09 bits per heavy atom. The number of carbonyl (C=O) groups is 5. The van der Waals surface area contributed by atoms with Crippen LogP contribution in [0.4, 0.5) is 10.7 Å². The van der Waals surface area contributed by atoms with Crippen LogP contribution >= 0.6 is 0 Å². The van der Waals surface area contributed by atoms with Gasteiger partial charge in [0.2, 0.25) is 17.8 Å². The fourth-order valence-corrected chi connectivity index (χ4v) is 7.80. The van der Waals surface area contributed by atoms with Gasteiger partial charge in [0, 0.05) is 81.0 Å². The Kier molecular flexibility index (Phi) is 15.2. The number of hydrogen-bond acceptors (Lipinski definition) is 13. The normalized spacial score (nSPS) is 11.5. The summed E-state index contributed by atoms with van der Waals surface area (Å²) < 4.78 is 24.9. The van der Waals surface area contributed by atoms with Crippen LogP contribution in [0.15, 0.2) is 54.7 Å². The van der Waals surface area contributed by atoms with Crippen molar-refractivity contribution in [1.29, 1.82) is 0 Å². The number of nitrogens with one attached hydrogen (secondary N) is 3. The minimum absolute atomic E-state index is 0.0533. The van der Waals surface area contributed by atoms with Crippen LogP contribution in [0.1, 0.15) is 69.3 Å². The van der Waals surface area contributed by atoms with Crippen LogP contribution in [-0.2, 0) is 35.7 Å². The molecule has 0 saturated heterocycles. The smallest absolute Gasteiger partial charge is 0.323 e. The van der Waals surface area contributed by atoms with E-state index in [1.807, 2.05) is 48.2 Å². The lowest BCUT2D eigenvalue weighted by atomic mass is 10.1. The van der Waals surface area contributed by atoms with Gasteiger partial charge in [-0.05, 0) is 70.5 Å². The summed E-state index contributed by atoms with van der Waals surface area (Å²) in [6.07, 6.45) is 6.37. The zero-order chi connectivity index (χ0) is 49.4. The van der Waals surface area contributed by atoms with E-state index in [1.165, 1.54) is 12.1 Å². The summed E-state index contributed by atoms with van der Waals surface area (Å²) in [5.41, 5.74) is 16.4. The third-order valence-electron chi connectivity index (χ3n) is 10.9. The van der Waals surface area contributed by atoms with Gasteiger partial charge in [0.1, 0.15) is 40.6 Å². The second-order valence-electron chi connectivity index (χ2n) is 15.8. The van der Waals surface area contributed by atoms with Crippen molar-refractivity contribution < 1.29 is 43.3 Å². The number of amides is 5. The lowest BCUT2D eigenvalue weighted by molar-refractivity contribution is -0.135. The molecular formula is C46H54N14O9. The highest BCUT2D eigenvalue weighted by Crippen LogP contribution is 2.37. The van der Waals surface area contributed by atoms with Crippen molar-refractivity contribution >= 4 is 68.6 Å². The average Bonchev–Trinajstić information content (AvgIpc) is 4.08. The van der Waals surface area contributed by atoms with Crippen molar-refractivity contribution in [3.05, 3.63) is 83.0 Å². The van der Waals surface area contributed by atoms with Crippen LogP contribution < -0.4 is 36.9 Å². The van der Waals surface area contributed by atoms with Crippen molar-refractivity contribution in [3.63, 3.8) is 0 Å². The number of urea groups is 1. The lowest BCUT2D eigenvalue weighted by Gasteiger charge is -2.14. The molecule has 0 saturated carbocycles. The molecule has 5 aromatic heterocycles. The quantitative estimate of drug-likeness (QED) is 0.0391. The summed E-state index contributed by atoms with van der Waals surface area (Å²) in [5.74, 6) is -1.82. The van der Waals surface area contributed by atoms with E-state index in [0.717, 1.165) is 11.4 Å². The van der Waals surface area contributed by atoms with E-state index in [9.17, 15) is 24.0 Å². The minimum atomic E-state index is -1.18. The number of fused-ring (bicyclic) bond motifs is 4. The zero-order valence-corrected chi connectivity index (χ0v) is 38.9. The van der Waals surface area contributed by atoms with Crippen molar-refractivity contribution in [2.45, 2.75) is 66.7 Å². The standard InChI is InChI=1S/C46H54N14O9/c1-6-59-33(18-26(3)55-59)42-50-24-31-30-20-28(40(47)63)22-35(69-17-11-15-67-5)38(30)57(43(31)53-42)13-8-9-14-58-39-32(52-45(58)54-44(65)34-19-27(4)56-60(34)7-2)21-29(41(48)64)23-36(39)68-16-10-12-49-46(66)51-25-37(61)62/h8-9,18-24H,6-7,10-17,25H2,1-5H3,(H2,47,63)(H2,48,64)(H,61,62)(H2,49,51,66)(H,52,54,65). The number of carboxylic acids is 1. The minimum Gasteiger partial charge on any atom is -0.491 e. The van der Waals surface area contributed by atoms with Crippen LogP contribution in [-0.4, -0.2) is 118 Å². The lowest BCUT2D eigenvalue weighted by Crippen LogP contribution is -2.39. The van der Waals surface area contributed by atoms with Crippen molar-refractivity contribution in [3.8, 4) is 23.0 Å². The maximum atomic E-state index is 13.9. The van der Waals surface area contributed by atoms with Gasteiger partial charge in [0.15, 0.2) is 5.82 Å². The molecule has 0 atom stereocenters. The number of aromatic nitrogens is 9. The molecule has 23 nitrogen and oxygen atoms in total.